The van der Waals surface area contributed by atoms with Gasteiger partial charge in [-0.25, -0.2) is 4.79 Å². The Balaban J connectivity index is 1.31. The molecule has 4 nitrogen and oxygen atoms in total. The molecular weight excluding hydrogens is 422 g/mol. The first kappa shape index (κ1) is 22.8. The number of carbonyl (C=O) groups is 1. The number of piperidine rings is 3. The van der Waals surface area contributed by atoms with Crippen molar-refractivity contribution in [3.8, 4) is 0 Å². The average molecular weight is 457 g/mol. The molecule has 0 aliphatic carbocycles. The van der Waals surface area contributed by atoms with E-state index in [-0.39, 0.29) is 6.10 Å². The number of hydrogen-bond acceptors (Lipinski definition) is 3. The van der Waals surface area contributed by atoms with Crippen molar-refractivity contribution in [2.75, 3.05) is 26.2 Å². The number of carbonyl (C=O) groups excluding carboxylic acids is 1. The van der Waals surface area contributed by atoms with Crippen molar-refractivity contribution in [2.45, 2.75) is 37.4 Å². The van der Waals surface area contributed by atoms with Crippen LogP contribution in [0.4, 0.5) is 0 Å². The van der Waals surface area contributed by atoms with Gasteiger partial charge in [0.05, 0.1) is 19.6 Å². The van der Waals surface area contributed by atoms with Crippen LogP contribution in [0.25, 0.3) is 0 Å². The van der Waals surface area contributed by atoms with E-state index in [0.29, 0.717) is 17.0 Å². The quantitative estimate of drug-likeness (QED) is 0.395. The monoisotopic (exact) mass is 456 g/mol. The molecule has 1 atom stereocenters. The molecule has 4 heteroatoms. The van der Waals surface area contributed by atoms with Gasteiger partial charge in [0.1, 0.15) is 6.54 Å². The fourth-order valence-electron chi connectivity index (χ4n) is 5.92. The smallest absolute Gasteiger partial charge is 0.348 e. The molecule has 3 aromatic carbocycles. The van der Waals surface area contributed by atoms with Crippen LogP contribution in [0.3, 0.4) is 0 Å². The van der Waals surface area contributed by atoms with E-state index in [2.05, 4.69) is 30.3 Å². The summed E-state index contributed by atoms with van der Waals surface area (Å²) in [5.41, 5.74) is 0.650. The lowest BCUT2D eigenvalue weighted by Gasteiger charge is -2.52. The lowest BCUT2D eigenvalue weighted by Crippen LogP contribution is -2.65. The number of quaternary nitrogens is 1. The second kappa shape index (κ2) is 9.73. The fourth-order valence-corrected chi connectivity index (χ4v) is 5.92. The summed E-state index contributed by atoms with van der Waals surface area (Å²) in [5, 5.41) is 11.8. The topological polar surface area (TPSA) is 46.5 Å². The Bertz CT molecular complexity index is 1040. The number of aryl methyl sites for hydroxylation is 1. The third-order valence-electron chi connectivity index (χ3n) is 7.92. The Hall–Kier alpha value is -2.95. The van der Waals surface area contributed by atoms with Crippen LogP contribution in [-0.2, 0) is 21.6 Å². The van der Waals surface area contributed by atoms with Crippen molar-refractivity contribution in [1.82, 2.24) is 0 Å². The molecule has 1 unspecified atom stereocenters. The van der Waals surface area contributed by atoms with Crippen LogP contribution in [-0.4, -0.2) is 47.8 Å². The highest BCUT2D eigenvalue weighted by atomic mass is 16.6. The van der Waals surface area contributed by atoms with Gasteiger partial charge in [-0.05, 0) is 23.1 Å². The van der Waals surface area contributed by atoms with Gasteiger partial charge < -0.3 is 14.3 Å². The molecule has 3 aromatic rings. The molecular formula is C30H34NO3+. The van der Waals surface area contributed by atoms with Crippen molar-refractivity contribution in [1.29, 1.82) is 0 Å². The summed E-state index contributed by atoms with van der Waals surface area (Å²) in [4.78, 5) is 13.6. The summed E-state index contributed by atoms with van der Waals surface area (Å²) < 4.78 is 7.21. The van der Waals surface area contributed by atoms with E-state index in [1.807, 2.05) is 36.4 Å². The lowest BCUT2D eigenvalue weighted by molar-refractivity contribution is -0.946. The molecule has 0 aromatic heterocycles. The fraction of sp³-hybridized carbons (Fsp3) is 0.367. The van der Waals surface area contributed by atoms with E-state index >= 15 is 0 Å². The first-order chi connectivity index (χ1) is 16.6. The molecule has 3 aliphatic heterocycles. The van der Waals surface area contributed by atoms with Crippen molar-refractivity contribution < 1.29 is 19.1 Å². The van der Waals surface area contributed by atoms with Gasteiger partial charge in [0.15, 0.2) is 6.10 Å². The zero-order chi connectivity index (χ0) is 23.4. The van der Waals surface area contributed by atoms with Gasteiger partial charge >= 0.3 is 5.97 Å². The largest absolute Gasteiger partial charge is 0.453 e. The van der Waals surface area contributed by atoms with Crippen LogP contribution in [0, 0.1) is 5.92 Å². The van der Waals surface area contributed by atoms with E-state index < -0.39 is 11.6 Å². The molecule has 176 valence electrons. The third kappa shape index (κ3) is 4.53. The molecule has 3 fully saturated rings. The maximum atomic E-state index is 13.6. The van der Waals surface area contributed by atoms with Crippen LogP contribution in [0.1, 0.15) is 36.0 Å². The summed E-state index contributed by atoms with van der Waals surface area (Å²) in [5.74, 6) is -0.181. The molecule has 1 N–H and O–H groups in total. The van der Waals surface area contributed by atoms with Crippen LogP contribution >= 0.6 is 0 Å². The number of rotatable bonds is 8. The van der Waals surface area contributed by atoms with Crippen LogP contribution in [0.15, 0.2) is 91.0 Å². The van der Waals surface area contributed by atoms with Gasteiger partial charge in [-0.3, -0.25) is 0 Å². The Morgan fingerprint density at radius 2 is 1.38 bits per heavy atom. The minimum atomic E-state index is -1.81. The van der Waals surface area contributed by atoms with Crippen molar-refractivity contribution >= 4 is 5.97 Å². The number of fused-ring (bicyclic) bond motifs is 3. The van der Waals surface area contributed by atoms with E-state index in [0.717, 1.165) is 56.3 Å². The van der Waals surface area contributed by atoms with Crippen molar-refractivity contribution in [2.24, 2.45) is 5.92 Å². The Morgan fingerprint density at radius 1 is 0.853 bits per heavy atom. The zero-order valence-corrected chi connectivity index (χ0v) is 19.7. The van der Waals surface area contributed by atoms with Crippen LogP contribution < -0.4 is 0 Å². The Morgan fingerprint density at radius 3 is 1.94 bits per heavy atom. The zero-order valence-electron chi connectivity index (χ0n) is 19.7. The number of benzene rings is 3. The van der Waals surface area contributed by atoms with Crippen molar-refractivity contribution in [3.05, 3.63) is 108 Å². The first-order valence-electron chi connectivity index (χ1n) is 12.5. The molecule has 0 saturated carbocycles. The maximum Gasteiger partial charge on any atom is 0.348 e. The molecule has 6 rings (SSSR count). The van der Waals surface area contributed by atoms with Crippen molar-refractivity contribution in [3.63, 3.8) is 0 Å². The summed E-state index contributed by atoms with van der Waals surface area (Å²) in [6.45, 7) is 4.28. The molecule has 34 heavy (non-hydrogen) atoms. The van der Waals surface area contributed by atoms with E-state index in [4.69, 9.17) is 4.74 Å². The lowest BCUT2D eigenvalue weighted by atomic mass is 9.82. The van der Waals surface area contributed by atoms with E-state index in [1.54, 1.807) is 24.3 Å². The highest BCUT2D eigenvalue weighted by Crippen LogP contribution is 2.38. The highest BCUT2D eigenvalue weighted by molar-refractivity contribution is 5.85. The van der Waals surface area contributed by atoms with Gasteiger partial charge in [-0.15, -0.1) is 0 Å². The number of esters is 1. The number of nitrogens with zero attached hydrogens (tertiary/aromatic N) is 1. The molecule has 3 saturated heterocycles. The number of ether oxygens (including phenoxy) is 1. The molecule has 3 aliphatic rings. The molecule has 0 radical (unpaired) electrons. The van der Waals surface area contributed by atoms with Gasteiger partial charge in [0.2, 0.25) is 5.60 Å². The summed E-state index contributed by atoms with van der Waals surface area (Å²) in [6.07, 6.45) is 4.23. The normalized spacial score (nSPS) is 24.0. The molecule has 0 amide bonds. The summed E-state index contributed by atoms with van der Waals surface area (Å²) in [7, 11) is 0. The van der Waals surface area contributed by atoms with Crippen LogP contribution in [0.2, 0.25) is 0 Å². The molecule has 3 heterocycles. The SMILES string of the molecule is O=C(OC1C[N+]2(CCCc3ccccc3)CCC1CC2)C(O)(c1ccccc1)c1ccccc1. The van der Waals surface area contributed by atoms with Gasteiger partial charge in [-0.1, -0.05) is 91.0 Å². The minimum Gasteiger partial charge on any atom is -0.453 e. The second-order valence-corrected chi connectivity index (χ2v) is 10.0. The van der Waals surface area contributed by atoms with Gasteiger partial charge in [-0.2, -0.15) is 0 Å². The Kier molecular flexibility index (Phi) is 6.53. The summed E-state index contributed by atoms with van der Waals surface area (Å²) >= 11 is 0. The predicted molar refractivity (Wildman–Crippen MR) is 133 cm³/mol. The van der Waals surface area contributed by atoms with Crippen LogP contribution in [0.5, 0.6) is 0 Å². The minimum absolute atomic E-state index is 0.148. The van der Waals surface area contributed by atoms with E-state index in [9.17, 15) is 9.90 Å². The average Bonchev–Trinajstić information content (AvgIpc) is 2.90. The van der Waals surface area contributed by atoms with Gasteiger partial charge in [0.25, 0.3) is 0 Å². The van der Waals surface area contributed by atoms with E-state index in [1.165, 1.54) is 5.56 Å². The highest BCUT2D eigenvalue weighted by Gasteiger charge is 2.50. The maximum absolute atomic E-state index is 13.6. The number of aliphatic hydroxyl groups is 1. The summed E-state index contributed by atoms with van der Waals surface area (Å²) in [6, 6.07) is 29.0. The standard InChI is InChI=1S/C30H34NO3/c32-29(30(33,26-14-6-2-7-15-26)27-16-8-3-9-17-27)34-28-23-31(21-18-25(28)19-22-31)20-10-13-24-11-4-1-5-12-24/h1-9,11-12,14-17,25,28,33H,10,13,18-23H2/q+1. The first-order valence-corrected chi connectivity index (χ1v) is 12.5. The third-order valence-corrected chi connectivity index (χ3v) is 7.92. The molecule has 2 bridgehead atoms. The van der Waals surface area contributed by atoms with Gasteiger partial charge in [0, 0.05) is 25.2 Å². The molecule has 0 spiro atoms. The second-order valence-electron chi connectivity index (χ2n) is 10.0. The number of hydrogen-bond donors (Lipinski definition) is 1. The Labute approximate surface area is 202 Å². The predicted octanol–water partition coefficient (Wildman–Crippen LogP) is 4.71.